The number of hydrogen-bond acceptors (Lipinski definition) is 4. The zero-order valence-corrected chi connectivity index (χ0v) is 11.1. The van der Waals surface area contributed by atoms with Gasteiger partial charge in [-0.1, -0.05) is 6.92 Å². The monoisotopic (exact) mass is 268 g/mol. The second-order valence-corrected chi connectivity index (χ2v) is 4.04. The Labute approximate surface area is 111 Å². The quantitative estimate of drug-likeness (QED) is 0.575. The molecule has 0 aliphatic rings. The lowest BCUT2D eigenvalue weighted by atomic mass is 10.2. The van der Waals surface area contributed by atoms with Crippen molar-refractivity contribution >= 4 is 28.9 Å². The highest BCUT2D eigenvalue weighted by molar-refractivity contribution is 7.80. The van der Waals surface area contributed by atoms with E-state index in [9.17, 15) is 9.90 Å². The molecule has 0 aromatic heterocycles. The summed E-state index contributed by atoms with van der Waals surface area (Å²) in [6.07, 6.45) is 1.16. The van der Waals surface area contributed by atoms with E-state index in [4.69, 9.17) is 17.0 Å². The highest BCUT2D eigenvalue weighted by Crippen LogP contribution is 2.27. The first-order chi connectivity index (χ1) is 8.56. The first-order valence-corrected chi connectivity index (χ1v) is 5.95. The molecule has 5 nitrogen and oxygen atoms in total. The largest absolute Gasteiger partial charge is 0.506 e. The van der Waals surface area contributed by atoms with E-state index in [0.29, 0.717) is 17.9 Å². The first kappa shape index (κ1) is 14.2. The van der Waals surface area contributed by atoms with Crippen LogP contribution in [-0.2, 0) is 4.79 Å². The van der Waals surface area contributed by atoms with Gasteiger partial charge in [0.2, 0.25) is 5.91 Å². The van der Waals surface area contributed by atoms with Gasteiger partial charge in [-0.3, -0.25) is 4.79 Å². The van der Waals surface area contributed by atoms with Crippen molar-refractivity contribution in [3.63, 3.8) is 0 Å². The molecule has 0 saturated carbocycles. The van der Waals surface area contributed by atoms with Crippen LogP contribution in [0.25, 0.3) is 0 Å². The van der Waals surface area contributed by atoms with Gasteiger partial charge in [-0.25, -0.2) is 0 Å². The van der Waals surface area contributed by atoms with Crippen LogP contribution in [0.2, 0.25) is 0 Å². The second-order valence-electron chi connectivity index (χ2n) is 3.64. The summed E-state index contributed by atoms with van der Waals surface area (Å²) in [6.45, 7) is 1.91. The minimum Gasteiger partial charge on any atom is -0.506 e. The topological polar surface area (TPSA) is 70.6 Å². The fraction of sp³-hybridized carbons (Fsp3) is 0.333. The van der Waals surface area contributed by atoms with Crippen molar-refractivity contribution in [2.45, 2.75) is 19.8 Å². The summed E-state index contributed by atoms with van der Waals surface area (Å²) in [5.41, 5.74) is 0.385. The molecular weight excluding hydrogens is 252 g/mol. The summed E-state index contributed by atoms with van der Waals surface area (Å²) in [4.78, 5) is 11.3. The number of hydrogen-bond donors (Lipinski definition) is 3. The number of amides is 1. The Morgan fingerprint density at radius 2 is 2.22 bits per heavy atom. The third kappa shape index (κ3) is 4.21. The number of ether oxygens (including phenoxy) is 1. The number of thiocarbonyl (C=S) groups is 1. The molecule has 0 aliphatic carbocycles. The lowest BCUT2D eigenvalue weighted by molar-refractivity contribution is -0.119. The predicted octanol–water partition coefficient (Wildman–Crippen LogP) is 2.01. The Balaban J connectivity index is 2.66. The van der Waals surface area contributed by atoms with Crippen LogP contribution in [0.3, 0.4) is 0 Å². The molecule has 18 heavy (non-hydrogen) atoms. The van der Waals surface area contributed by atoms with Crippen molar-refractivity contribution in [3.8, 4) is 11.5 Å². The normalized spacial score (nSPS) is 9.67. The number of nitrogens with one attached hydrogen (secondary N) is 2. The first-order valence-electron chi connectivity index (χ1n) is 5.54. The van der Waals surface area contributed by atoms with Gasteiger partial charge in [0.05, 0.1) is 12.8 Å². The minimum atomic E-state index is -0.155. The minimum absolute atomic E-state index is 0.0305. The Hall–Kier alpha value is -1.82. The molecule has 3 N–H and O–H groups in total. The fourth-order valence-corrected chi connectivity index (χ4v) is 1.54. The number of aromatic hydroxyl groups is 1. The lowest BCUT2D eigenvalue weighted by Gasteiger charge is -2.11. The van der Waals surface area contributed by atoms with E-state index in [0.717, 1.165) is 6.42 Å². The smallest absolute Gasteiger partial charge is 0.226 e. The number of carbonyl (C=O) groups excluding carboxylic acids is 1. The van der Waals surface area contributed by atoms with Gasteiger partial charge in [-0.05, 0) is 30.8 Å². The van der Waals surface area contributed by atoms with Crippen LogP contribution in [0.5, 0.6) is 11.5 Å². The molecule has 0 fully saturated rings. The van der Waals surface area contributed by atoms with Crippen LogP contribution in [0, 0.1) is 0 Å². The van der Waals surface area contributed by atoms with Crippen molar-refractivity contribution in [3.05, 3.63) is 18.2 Å². The number of phenols is 1. The van der Waals surface area contributed by atoms with Crippen molar-refractivity contribution in [2.24, 2.45) is 0 Å². The third-order valence-corrected chi connectivity index (χ3v) is 2.39. The number of anilines is 1. The van der Waals surface area contributed by atoms with E-state index >= 15 is 0 Å². The summed E-state index contributed by atoms with van der Waals surface area (Å²) >= 11 is 4.97. The van der Waals surface area contributed by atoms with Crippen LogP contribution >= 0.6 is 12.2 Å². The maximum Gasteiger partial charge on any atom is 0.226 e. The fourth-order valence-electron chi connectivity index (χ4n) is 1.31. The molecule has 0 atom stereocenters. The molecule has 1 aromatic carbocycles. The highest BCUT2D eigenvalue weighted by atomic mass is 32.1. The average molecular weight is 268 g/mol. The van der Waals surface area contributed by atoms with E-state index in [1.165, 1.54) is 13.2 Å². The Morgan fingerprint density at radius 3 is 2.83 bits per heavy atom. The number of methoxy groups -OCH3 is 1. The van der Waals surface area contributed by atoms with Gasteiger partial charge >= 0.3 is 0 Å². The summed E-state index contributed by atoms with van der Waals surface area (Å²) in [5, 5.41) is 15.0. The van der Waals surface area contributed by atoms with Gasteiger partial charge in [0, 0.05) is 12.5 Å². The summed E-state index contributed by atoms with van der Waals surface area (Å²) < 4.78 is 5.03. The van der Waals surface area contributed by atoms with Crippen LogP contribution < -0.4 is 15.4 Å². The molecule has 0 unspecified atom stereocenters. The molecule has 0 heterocycles. The zero-order valence-electron chi connectivity index (χ0n) is 10.3. The maximum atomic E-state index is 11.3. The number of carbonyl (C=O) groups is 1. The van der Waals surface area contributed by atoms with Crippen molar-refractivity contribution in [1.29, 1.82) is 0 Å². The Morgan fingerprint density at radius 1 is 1.50 bits per heavy atom. The lowest BCUT2D eigenvalue weighted by Crippen LogP contribution is -2.33. The van der Waals surface area contributed by atoms with Crippen LogP contribution in [0.4, 0.5) is 5.69 Å². The van der Waals surface area contributed by atoms with Crippen molar-refractivity contribution < 1.29 is 14.6 Å². The van der Waals surface area contributed by atoms with Gasteiger partial charge < -0.3 is 20.5 Å². The molecule has 0 radical (unpaired) electrons. The van der Waals surface area contributed by atoms with E-state index in [1.54, 1.807) is 12.1 Å². The van der Waals surface area contributed by atoms with E-state index < -0.39 is 0 Å². The molecule has 0 aliphatic heterocycles. The van der Waals surface area contributed by atoms with Gasteiger partial charge in [-0.2, -0.15) is 0 Å². The molecular formula is C12H16N2O3S. The van der Waals surface area contributed by atoms with Gasteiger partial charge in [0.15, 0.2) is 5.11 Å². The van der Waals surface area contributed by atoms with E-state index in [-0.39, 0.29) is 16.8 Å². The van der Waals surface area contributed by atoms with Crippen molar-refractivity contribution in [2.75, 3.05) is 12.4 Å². The molecule has 0 spiro atoms. The zero-order chi connectivity index (χ0) is 13.5. The molecule has 1 amide bonds. The van der Waals surface area contributed by atoms with Gasteiger partial charge in [0.1, 0.15) is 11.5 Å². The van der Waals surface area contributed by atoms with Gasteiger partial charge in [-0.15, -0.1) is 0 Å². The molecule has 1 aromatic rings. The molecule has 98 valence electrons. The SMILES string of the molecule is CCCC(=O)NC(=S)Nc1cc(OC)ccc1O. The number of rotatable bonds is 4. The molecule has 6 heteroatoms. The Bertz CT molecular complexity index is 449. The molecule has 1 rings (SSSR count). The summed E-state index contributed by atoms with van der Waals surface area (Å²) in [6, 6.07) is 4.70. The maximum absolute atomic E-state index is 11.3. The summed E-state index contributed by atoms with van der Waals surface area (Å²) in [7, 11) is 1.53. The highest BCUT2D eigenvalue weighted by Gasteiger charge is 2.07. The van der Waals surface area contributed by atoms with Gasteiger partial charge in [0.25, 0.3) is 0 Å². The molecule has 0 bridgehead atoms. The predicted molar refractivity (Wildman–Crippen MR) is 73.9 cm³/mol. The van der Waals surface area contributed by atoms with E-state index in [1.807, 2.05) is 6.92 Å². The van der Waals surface area contributed by atoms with E-state index in [2.05, 4.69) is 10.6 Å². The number of phenolic OH excluding ortho intramolecular Hbond substituents is 1. The standard InChI is InChI=1S/C12H16N2O3S/c1-3-4-11(16)14-12(18)13-9-7-8(17-2)5-6-10(9)15/h5-7,15H,3-4H2,1-2H3,(H2,13,14,16,18). The van der Waals surface area contributed by atoms with Crippen LogP contribution in [0.1, 0.15) is 19.8 Å². The van der Waals surface area contributed by atoms with Crippen LogP contribution in [0.15, 0.2) is 18.2 Å². The second kappa shape index (κ2) is 6.80. The molecule has 0 saturated heterocycles. The third-order valence-electron chi connectivity index (χ3n) is 2.18. The summed E-state index contributed by atoms with van der Waals surface area (Å²) in [5.74, 6) is 0.457. The van der Waals surface area contributed by atoms with Crippen molar-refractivity contribution in [1.82, 2.24) is 5.32 Å². The van der Waals surface area contributed by atoms with Crippen LogP contribution in [-0.4, -0.2) is 23.2 Å². The Kier molecular flexibility index (Phi) is 5.38. The average Bonchev–Trinajstić information content (AvgIpc) is 2.32. The number of benzene rings is 1.